The maximum Gasteiger partial charge on any atom is 0.341 e. The summed E-state index contributed by atoms with van der Waals surface area (Å²) < 4.78 is 20.9. The minimum absolute atomic E-state index is 0.245. The first-order valence-electron chi connectivity index (χ1n) is 7.96. The van der Waals surface area contributed by atoms with Crippen LogP contribution in [0.25, 0.3) is 6.08 Å². The molecule has 0 heterocycles. The van der Waals surface area contributed by atoms with Gasteiger partial charge in [-0.1, -0.05) is 12.1 Å². The number of carboxylic acid groups (broad SMARTS) is 1. The molecule has 0 atom stereocenters. The highest BCUT2D eigenvalue weighted by molar-refractivity contribution is 6.07. The largest absolute Gasteiger partial charge is 0.493 e. The monoisotopic (exact) mass is 372 g/mol. The maximum absolute atomic E-state index is 12.5. The van der Waals surface area contributed by atoms with E-state index in [4.69, 9.17) is 24.1 Å². The van der Waals surface area contributed by atoms with E-state index in [2.05, 4.69) is 0 Å². The van der Waals surface area contributed by atoms with Crippen LogP contribution >= 0.6 is 0 Å². The van der Waals surface area contributed by atoms with Crippen molar-refractivity contribution in [2.75, 3.05) is 27.9 Å². The quantitative estimate of drug-likeness (QED) is 0.534. The number of methoxy groups -OCH3 is 3. The molecule has 27 heavy (non-hydrogen) atoms. The lowest BCUT2D eigenvalue weighted by Gasteiger charge is -2.10. The van der Waals surface area contributed by atoms with Crippen LogP contribution in [0.15, 0.2) is 42.5 Å². The van der Waals surface area contributed by atoms with Gasteiger partial charge in [-0.05, 0) is 36.4 Å². The van der Waals surface area contributed by atoms with Crippen LogP contribution in [-0.2, 0) is 4.79 Å². The average Bonchev–Trinajstić information content (AvgIpc) is 2.69. The second-order valence-corrected chi connectivity index (χ2v) is 5.33. The number of hydrogen-bond donors (Lipinski definition) is 1. The number of allylic oxidation sites excluding steroid dienone is 1. The van der Waals surface area contributed by atoms with Gasteiger partial charge in [-0.25, -0.2) is 4.79 Å². The first-order valence-corrected chi connectivity index (χ1v) is 7.96. The third kappa shape index (κ3) is 5.01. The minimum atomic E-state index is -1.10. The molecule has 0 unspecified atom stereocenters. The number of rotatable bonds is 9. The van der Waals surface area contributed by atoms with E-state index in [1.807, 2.05) is 0 Å². The lowest BCUT2D eigenvalue weighted by Crippen LogP contribution is -2.10. The zero-order valence-electron chi connectivity index (χ0n) is 15.2. The molecule has 0 aliphatic heterocycles. The van der Waals surface area contributed by atoms with Gasteiger partial charge in [0.15, 0.2) is 35.4 Å². The Morgan fingerprint density at radius 1 is 0.963 bits per heavy atom. The summed E-state index contributed by atoms with van der Waals surface area (Å²) in [5, 5.41) is 8.69. The van der Waals surface area contributed by atoms with Gasteiger partial charge in [-0.3, -0.25) is 4.79 Å². The number of aliphatic carboxylic acids is 1. The van der Waals surface area contributed by atoms with Crippen molar-refractivity contribution in [2.45, 2.75) is 0 Å². The second kappa shape index (κ2) is 9.28. The van der Waals surface area contributed by atoms with Crippen LogP contribution in [0.2, 0.25) is 0 Å². The van der Waals surface area contributed by atoms with E-state index in [0.29, 0.717) is 22.6 Å². The Morgan fingerprint density at radius 3 is 2.33 bits per heavy atom. The smallest absolute Gasteiger partial charge is 0.341 e. The van der Waals surface area contributed by atoms with Crippen LogP contribution in [0.3, 0.4) is 0 Å². The molecule has 0 saturated carbocycles. The van der Waals surface area contributed by atoms with Gasteiger partial charge in [0.25, 0.3) is 0 Å². The summed E-state index contributed by atoms with van der Waals surface area (Å²) >= 11 is 0. The van der Waals surface area contributed by atoms with Crippen molar-refractivity contribution in [1.82, 2.24) is 0 Å². The molecule has 0 saturated heterocycles. The van der Waals surface area contributed by atoms with Gasteiger partial charge in [0, 0.05) is 11.1 Å². The van der Waals surface area contributed by atoms with Gasteiger partial charge in [-0.15, -0.1) is 0 Å². The van der Waals surface area contributed by atoms with Crippen LogP contribution in [0.4, 0.5) is 0 Å². The van der Waals surface area contributed by atoms with E-state index in [1.54, 1.807) is 24.3 Å². The number of carbonyl (C=O) groups excluding carboxylic acids is 1. The van der Waals surface area contributed by atoms with Crippen LogP contribution in [0, 0.1) is 0 Å². The van der Waals surface area contributed by atoms with Gasteiger partial charge >= 0.3 is 5.97 Å². The summed E-state index contributed by atoms with van der Waals surface area (Å²) in [6.07, 6.45) is 3.04. The molecule has 7 heteroatoms. The van der Waals surface area contributed by atoms with Crippen molar-refractivity contribution in [1.29, 1.82) is 0 Å². The number of carbonyl (C=O) groups is 2. The number of ether oxygens (including phenoxy) is 4. The highest BCUT2D eigenvalue weighted by atomic mass is 16.5. The Balaban J connectivity index is 2.23. The molecule has 0 aromatic heterocycles. The molecule has 1 N–H and O–H groups in total. The number of hydrogen-bond acceptors (Lipinski definition) is 6. The third-order valence-electron chi connectivity index (χ3n) is 3.65. The van der Waals surface area contributed by atoms with Crippen molar-refractivity contribution >= 4 is 17.8 Å². The molecule has 0 spiro atoms. The lowest BCUT2D eigenvalue weighted by atomic mass is 10.1. The molecule has 0 aliphatic carbocycles. The summed E-state index contributed by atoms with van der Waals surface area (Å²) in [5.41, 5.74) is 1.06. The molecule has 0 radical (unpaired) electrons. The third-order valence-corrected chi connectivity index (χ3v) is 3.65. The Labute approximate surface area is 156 Å². The normalized spacial score (nSPS) is 10.5. The van der Waals surface area contributed by atoms with Gasteiger partial charge in [0.1, 0.15) is 0 Å². The summed E-state index contributed by atoms with van der Waals surface area (Å²) in [4.78, 5) is 23.1. The van der Waals surface area contributed by atoms with Gasteiger partial charge in [0.2, 0.25) is 0 Å². The SMILES string of the molecule is COc1cc(C(=O)C=Cc2cccc(OC)c2OC)ccc1OCC(=O)O. The highest BCUT2D eigenvalue weighted by Crippen LogP contribution is 2.32. The van der Waals surface area contributed by atoms with E-state index in [0.717, 1.165) is 0 Å². The van der Waals surface area contributed by atoms with Crippen molar-refractivity contribution < 1.29 is 33.6 Å². The van der Waals surface area contributed by atoms with Crippen molar-refractivity contribution in [3.63, 3.8) is 0 Å². The molecular weight excluding hydrogens is 352 g/mol. The lowest BCUT2D eigenvalue weighted by molar-refractivity contribution is -0.139. The zero-order chi connectivity index (χ0) is 19.8. The molecule has 2 rings (SSSR count). The number of para-hydroxylation sites is 1. The maximum atomic E-state index is 12.5. The van der Waals surface area contributed by atoms with Crippen LogP contribution < -0.4 is 18.9 Å². The fourth-order valence-electron chi connectivity index (χ4n) is 2.38. The van der Waals surface area contributed by atoms with E-state index in [9.17, 15) is 9.59 Å². The van der Waals surface area contributed by atoms with Crippen LogP contribution in [0.5, 0.6) is 23.0 Å². The van der Waals surface area contributed by atoms with Crippen molar-refractivity contribution in [3.05, 3.63) is 53.6 Å². The van der Waals surface area contributed by atoms with Crippen molar-refractivity contribution in [3.8, 4) is 23.0 Å². The first-order chi connectivity index (χ1) is 13.0. The summed E-state index contributed by atoms with van der Waals surface area (Å²) in [7, 11) is 4.47. The number of carboxylic acids is 1. The Hall–Kier alpha value is -3.48. The van der Waals surface area contributed by atoms with E-state index in [-0.39, 0.29) is 17.3 Å². The molecule has 0 amide bonds. The van der Waals surface area contributed by atoms with E-state index in [1.165, 1.54) is 45.6 Å². The summed E-state index contributed by atoms with van der Waals surface area (Å²) in [6, 6.07) is 9.88. The van der Waals surface area contributed by atoms with E-state index >= 15 is 0 Å². The molecular formula is C20H20O7. The average molecular weight is 372 g/mol. The summed E-state index contributed by atoms with van der Waals surface area (Å²) in [5.74, 6) is 0.243. The Kier molecular flexibility index (Phi) is 6.82. The van der Waals surface area contributed by atoms with Gasteiger partial charge < -0.3 is 24.1 Å². The van der Waals surface area contributed by atoms with Crippen molar-refractivity contribution in [2.24, 2.45) is 0 Å². The number of ketones is 1. The molecule has 0 fully saturated rings. The molecule has 2 aromatic rings. The Bertz CT molecular complexity index is 855. The molecule has 0 bridgehead atoms. The zero-order valence-corrected chi connectivity index (χ0v) is 15.2. The molecule has 7 nitrogen and oxygen atoms in total. The molecule has 0 aliphatic rings. The molecule has 2 aromatic carbocycles. The first kappa shape index (κ1) is 19.8. The van der Waals surface area contributed by atoms with Gasteiger partial charge in [-0.2, -0.15) is 0 Å². The molecule has 142 valence electrons. The topological polar surface area (TPSA) is 91.3 Å². The second-order valence-electron chi connectivity index (χ2n) is 5.33. The van der Waals surface area contributed by atoms with Crippen LogP contribution in [-0.4, -0.2) is 44.8 Å². The highest BCUT2D eigenvalue weighted by Gasteiger charge is 2.12. The predicted octanol–water partition coefficient (Wildman–Crippen LogP) is 3.07. The van der Waals surface area contributed by atoms with Gasteiger partial charge in [0.05, 0.1) is 21.3 Å². The standard InChI is InChI=1S/C20H20O7/c1-24-17-6-4-5-13(20(17)26-3)7-9-15(21)14-8-10-16(18(11-14)25-2)27-12-19(22)23/h4-11H,12H2,1-3H3,(H,22,23). The predicted molar refractivity (Wildman–Crippen MR) is 99.0 cm³/mol. The fourth-order valence-corrected chi connectivity index (χ4v) is 2.38. The fraction of sp³-hybridized carbons (Fsp3) is 0.200. The minimum Gasteiger partial charge on any atom is -0.493 e. The van der Waals surface area contributed by atoms with E-state index < -0.39 is 12.6 Å². The number of benzene rings is 2. The Morgan fingerprint density at radius 2 is 1.70 bits per heavy atom. The van der Waals surface area contributed by atoms with Crippen LogP contribution in [0.1, 0.15) is 15.9 Å². The summed E-state index contributed by atoms with van der Waals surface area (Å²) in [6.45, 7) is -0.501.